The van der Waals surface area contributed by atoms with Gasteiger partial charge >= 0.3 is 5.51 Å². The molecule has 4 rings (SSSR count). The lowest BCUT2D eigenvalue weighted by atomic mass is 10.1. The van der Waals surface area contributed by atoms with Gasteiger partial charge in [-0.1, -0.05) is 0 Å². The molecule has 1 aromatic heterocycles. The first-order chi connectivity index (χ1) is 16.9. The Hall–Kier alpha value is -4.44. The topological polar surface area (TPSA) is 122 Å². The van der Waals surface area contributed by atoms with Crippen LogP contribution in [0.1, 0.15) is 15.9 Å². The Labute approximate surface area is 200 Å². The summed E-state index contributed by atoms with van der Waals surface area (Å²) in [6.45, 7) is 0. The van der Waals surface area contributed by atoms with Crippen LogP contribution >= 0.6 is 0 Å². The van der Waals surface area contributed by atoms with Crippen molar-refractivity contribution in [3.05, 3.63) is 71.5 Å². The van der Waals surface area contributed by atoms with Crippen LogP contribution in [-0.4, -0.2) is 31.9 Å². The second kappa shape index (κ2) is 8.97. The Morgan fingerprint density at radius 3 is 2.50 bits per heavy atom. The van der Waals surface area contributed by atoms with Crippen LogP contribution in [-0.2, 0) is 9.84 Å². The number of benzene rings is 3. The van der Waals surface area contributed by atoms with E-state index in [1.165, 1.54) is 37.4 Å². The predicted octanol–water partition coefficient (Wildman–Crippen LogP) is 5.06. The molecule has 8 nitrogen and oxygen atoms in total. The summed E-state index contributed by atoms with van der Waals surface area (Å²) >= 11 is 0. The highest BCUT2D eigenvalue weighted by Gasteiger charge is 2.48. The smallest absolute Gasteiger partial charge is 0.494 e. The van der Waals surface area contributed by atoms with Crippen molar-refractivity contribution >= 4 is 32.5 Å². The summed E-state index contributed by atoms with van der Waals surface area (Å²) in [4.78, 5) is 15.7. The average molecular weight is 519 g/mol. The second-order valence-electron chi connectivity index (χ2n) is 7.28. The molecule has 0 radical (unpaired) electrons. The molecular formula is C23H13F4N3O5S. The molecule has 0 saturated carbocycles. The summed E-state index contributed by atoms with van der Waals surface area (Å²) in [5.41, 5.74) is -5.92. The van der Waals surface area contributed by atoms with Crippen LogP contribution in [0.3, 0.4) is 0 Å². The molecule has 3 aromatic carbocycles. The first-order valence-electron chi connectivity index (χ1n) is 9.86. The second-order valence-corrected chi connectivity index (χ2v) is 9.19. The number of aromatic nitrogens is 1. The number of carbonyl (C=O) groups is 1. The zero-order valence-electron chi connectivity index (χ0n) is 18.1. The van der Waals surface area contributed by atoms with Crippen LogP contribution in [0.15, 0.2) is 63.9 Å². The zero-order chi connectivity index (χ0) is 26.3. The maximum Gasteiger partial charge on any atom is 0.501 e. The van der Waals surface area contributed by atoms with E-state index < -0.39 is 37.5 Å². The molecule has 0 bridgehead atoms. The van der Waals surface area contributed by atoms with Gasteiger partial charge in [0.25, 0.3) is 15.7 Å². The van der Waals surface area contributed by atoms with E-state index in [1.54, 1.807) is 6.07 Å². The molecule has 184 valence electrons. The third kappa shape index (κ3) is 4.46. The van der Waals surface area contributed by atoms with E-state index in [2.05, 4.69) is 10.3 Å². The minimum Gasteiger partial charge on any atom is -0.494 e. The number of methoxy groups -OCH3 is 1. The molecule has 0 aliphatic rings. The number of alkyl halides is 3. The fourth-order valence-corrected chi connectivity index (χ4v) is 4.20. The number of sulfone groups is 1. The fraction of sp³-hybridized carbons (Fsp3) is 0.0870. The standard InChI is InChI=1S/C23H13F4N3O5S/c1-34-18-5-3-13(9-16(18)24)22-30-17-10-14(4-6-19(17)35-22)29-21(31)15-8-12(11-28)2-7-20(15)36(32,33)23(25,26)27/h2-10H,1H3,(H,29,31). The van der Waals surface area contributed by atoms with Crippen LogP contribution in [0.25, 0.3) is 22.6 Å². The molecule has 0 aliphatic carbocycles. The Morgan fingerprint density at radius 2 is 1.86 bits per heavy atom. The molecular weight excluding hydrogens is 506 g/mol. The number of fused-ring (bicyclic) bond motifs is 1. The number of oxazole rings is 1. The number of nitrogens with zero attached hydrogens (tertiary/aromatic N) is 2. The average Bonchev–Trinajstić information content (AvgIpc) is 3.26. The van der Waals surface area contributed by atoms with Crippen LogP contribution < -0.4 is 10.1 Å². The SMILES string of the molecule is COc1ccc(-c2nc3cc(NC(=O)c4cc(C#N)ccc4S(=O)(=O)C(F)(F)F)ccc3o2)cc1F. The Balaban J connectivity index is 1.69. The van der Waals surface area contributed by atoms with Gasteiger partial charge in [0, 0.05) is 11.3 Å². The number of amides is 1. The quantitative estimate of drug-likeness (QED) is 0.366. The maximum absolute atomic E-state index is 14.0. The monoisotopic (exact) mass is 519 g/mol. The highest BCUT2D eigenvalue weighted by atomic mass is 32.2. The summed E-state index contributed by atoms with van der Waals surface area (Å²) in [7, 11) is -4.57. The predicted molar refractivity (Wildman–Crippen MR) is 118 cm³/mol. The number of halogens is 4. The fourth-order valence-electron chi connectivity index (χ4n) is 3.26. The van der Waals surface area contributed by atoms with Crippen LogP contribution in [0.4, 0.5) is 23.2 Å². The van der Waals surface area contributed by atoms with E-state index in [-0.39, 0.29) is 34.0 Å². The first kappa shape index (κ1) is 24.7. The number of nitriles is 1. The van der Waals surface area contributed by atoms with Gasteiger partial charge in [-0.25, -0.2) is 17.8 Å². The Kier molecular flexibility index (Phi) is 6.15. The lowest BCUT2D eigenvalue weighted by molar-refractivity contribution is -0.0436. The molecule has 1 N–H and O–H groups in total. The Bertz CT molecular complexity index is 1660. The molecule has 0 aliphatic heterocycles. The van der Waals surface area contributed by atoms with E-state index in [1.807, 2.05) is 0 Å². The van der Waals surface area contributed by atoms with Crippen molar-refractivity contribution < 1.29 is 39.9 Å². The zero-order valence-corrected chi connectivity index (χ0v) is 18.9. The van der Waals surface area contributed by atoms with Gasteiger partial charge in [0.05, 0.1) is 29.2 Å². The van der Waals surface area contributed by atoms with Crippen molar-refractivity contribution in [2.24, 2.45) is 0 Å². The molecule has 36 heavy (non-hydrogen) atoms. The van der Waals surface area contributed by atoms with Gasteiger partial charge in [-0.15, -0.1) is 0 Å². The van der Waals surface area contributed by atoms with Gasteiger partial charge in [-0.2, -0.15) is 18.4 Å². The highest BCUT2D eigenvalue weighted by molar-refractivity contribution is 7.92. The van der Waals surface area contributed by atoms with Crippen molar-refractivity contribution in [1.29, 1.82) is 5.26 Å². The molecule has 1 heterocycles. The van der Waals surface area contributed by atoms with Crippen molar-refractivity contribution in [3.63, 3.8) is 0 Å². The summed E-state index contributed by atoms with van der Waals surface area (Å²) in [5, 5.41) is 11.3. The van der Waals surface area contributed by atoms with Crippen molar-refractivity contribution in [3.8, 4) is 23.3 Å². The molecule has 0 unspecified atom stereocenters. The summed E-state index contributed by atoms with van der Waals surface area (Å²) < 4.78 is 87.8. The maximum atomic E-state index is 14.0. The van der Waals surface area contributed by atoms with Gasteiger partial charge in [-0.05, 0) is 54.6 Å². The van der Waals surface area contributed by atoms with Crippen LogP contribution in [0, 0.1) is 17.1 Å². The third-order valence-electron chi connectivity index (χ3n) is 4.99. The van der Waals surface area contributed by atoms with Gasteiger partial charge in [0.1, 0.15) is 5.52 Å². The van der Waals surface area contributed by atoms with E-state index in [0.717, 1.165) is 18.2 Å². The molecule has 1 amide bonds. The number of rotatable bonds is 5. The number of nitrogens with one attached hydrogen (secondary N) is 1. The van der Waals surface area contributed by atoms with Gasteiger partial charge in [0.2, 0.25) is 5.89 Å². The minimum absolute atomic E-state index is 0.0206. The number of hydrogen-bond acceptors (Lipinski definition) is 7. The number of hydrogen-bond donors (Lipinski definition) is 1. The lowest BCUT2D eigenvalue weighted by Crippen LogP contribution is -2.26. The van der Waals surface area contributed by atoms with Gasteiger partial charge < -0.3 is 14.5 Å². The summed E-state index contributed by atoms with van der Waals surface area (Å²) in [5.74, 6) is -1.77. The van der Waals surface area contributed by atoms with Gasteiger partial charge in [0.15, 0.2) is 17.1 Å². The normalized spacial score (nSPS) is 11.8. The molecule has 13 heteroatoms. The van der Waals surface area contributed by atoms with E-state index in [0.29, 0.717) is 11.6 Å². The molecule has 4 aromatic rings. The number of anilines is 1. The van der Waals surface area contributed by atoms with Crippen molar-refractivity contribution in [1.82, 2.24) is 4.98 Å². The van der Waals surface area contributed by atoms with E-state index in [9.17, 15) is 30.8 Å². The van der Waals surface area contributed by atoms with Crippen LogP contribution in [0.5, 0.6) is 5.75 Å². The van der Waals surface area contributed by atoms with Crippen molar-refractivity contribution in [2.75, 3.05) is 12.4 Å². The van der Waals surface area contributed by atoms with Crippen LogP contribution in [0.2, 0.25) is 0 Å². The Morgan fingerprint density at radius 1 is 1.11 bits per heavy atom. The van der Waals surface area contributed by atoms with E-state index in [4.69, 9.17) is 14.4 Å². The third-order valence-corrected chi connectivity index (χ3v) is 6.54. The number of ether oxygens (including phenoxy) is 1. The van der Waals surface area contributed by atoms with E-state index >= 15 is 0 Å². The summed E-state index contributed by atoms with van der Waals surface area (Å²) in [6.07, 6.45) is 0. The van der Waals surface area contributed by atoms with Gasteiger partial charge in [-0.3, -0.25) is 4.79 Å². The molecule has 0 atom stereocenters. The van der Waals surface area contributed by atoms with Crippen molar-refractivity contribution in [2.45, 2.75) is 10.4 Å². The molecule has 0 fully saturated rings. The lowest BCUT2D eigenvalue weighted by Gasteiger charge is -2.13. The molecule has 0 spiro atoms. The summed E-state index contributed by atoms with van der Waals surface area (Å²) in [6, 6.07) is 11.9. The number of carbonyl (C=O) groups excluding carboxylic acids is 1. The highest BCUT2D eigenvalue weighted by Crippen LogP contribution is 2.33. The minimum atomic E-state index is -5.88. The first-order valence-corrected chi connectivity index (χ1v) is 11.3. The molecule has 0 saturated heterocycles. The largest absolute Gasteiger partial charge is 0.501 e.